The smallest absolute Gasteiger partial charge is 0.323 e. The molecule has 0 aliphatic rings. The topological polar surface area (TPSA) is 51.5 Å². The largest absolute Gasteiger partial charge is 0.468 e. The Labute approximate surface area is 102 Å². The van der Waals surface area contributed by atoms with Crippen LogP contribution in [0.25, 0.3) is 0 Å². The Morgan fingerprint density at radius 1 is 1.47 bits per heavy atom. The van der Waals surface area contributed by atoms with Crippen molar-refractivity contribution >= 4 is 5.97 Å². The second-order valence-corrected chi connectivity index (χ2v) is 5.22. The van der Waals surface area contributed by atoms with Gasteiger partial charge < -0.3 is 9.15 Å². The van der Waals surface area contributed by atoms with Crippen LogP contribution in [0.3, 0.4) is 0 Å². The van der Waals surface area contributed by atoms with E-state index in [1.807, 2.05) is 39.8 Å². The molecular formula is C13H21NO3. The van der Waals surface area contributed by atoms with Crippen LogP contribution in [0.4, 0.5) is 0 Å². The van der Waals surface area contributed by atoms with E-state index in [0.717, 1.165) is 11.5 Å². The van der Waals surface area contributed by atoms with Crippen LogP contribution in [-0.4, -0.2) is 19.1 Å². The predicted octanol–water partition coefficient (Wildman–Crippen LogP) is 2.27. The molecule has 0 radical (unpaired) electrons. The number of furan rings is 1. The molecule has 4 heteroatoms. The quantitative estimate of drug-likeness (QED) is 0.819. The molecule has 0 amide bonds. The lowest BCUT2D eigenvalue weighted by Crippen LogP contribution is -2.46. The summed E-state index contributed by atoms with van der Waals surface area (Å²) in [4.78, 5) is 11.7. The van der Waals surface area contributed by atoms with Crippen molar-refractivity contribution < 1.29 is 13.9 Å². The summed E-state index contributed by atoms with van der Waals surface area (Å²) in [6.45, 7) is 8.40. The first kappa shape index (κ1) is 13.8. The maximum Gasteiger partial charge on any atom is 0.323 e. The molecule has 17 heavy (non-hydrogen) atoms. The van der Waals surface area contributed by atoms with E-state index in [1.165, 1.54) is 7.11 Å². The molecule has 1 rings (SSSR count). The van der Waals surface area contributed by atoms with Gasteiger partial charge in [-0.2, -0.15) is 0 Å². The lowest BCUT2D eigenvalue weighted by molar-refractivity contribution is -0.146. The number of hydrogen-bond acceptors (Lipinski definition) is 4. The fourth-order valence-electron chi connectivity index (χ4n) is 1.64. The van der Waals surface area contributed by atoms with Gasteiger partial charge in [-0.25, -0.2) is 0 Å². The number of ether oxygens (including phenoxy) is 1. The van der Waals surface area contributed by atoms with E-state index in [0.29, 0.717) is 6.54 Å². The molecule has 0 saturated heterocycles. The summed E-state index contributed by atoms with van der Waals surface area (Å²) in [6, 6.07) is 3.46. The molecule has 4 nitrogen and oxygen atoms in total. The van der Waals surface area contributed by atoms with E-state index in [4.69, 9.17) is 9.15 Å². The number of aryl methyl sites for hydroxylation is 1. The normalized spacial score (nSPS) is 13.5. The number of carbonyl (C=O) groups excluding carboxylic acids is 1. The van der Waals surface area contributed by atoms with E-state index in [-0.39, 0.29) is 17.4 Å². The standard InChI is InChI=1S/C13H21NO3/c1-9-6-7-10(17-9)8-14-11(12(15)16-5)13(2,3)4/h6-7,11,14H,8H2,1-5H3/t11-/m0/s1. The SMILES string of the molecule is COC(=O)[C@H](NCc1ccc(C)o1)C(C)(C)C. The Morgan fingerprint density at radius 3 is 2.53 bits per heavy atom. The molecule has 1 aromatic heterocycles. The van der Waals surface area contributed by atoms with Crippen LogP contribution in [0.5, 0.6) is 0 Å². The minimum absolute atomic E-state index is 0.200. The monoisotopic (exact) mass is 239 g/mol. The Kier molecular flexibility index (Phi) is 4.34. The maximum absolute atomic E-state index is 11.7. The number of esters is 1. The molecule has 1 atom stereocenters. The summed E-state index contributed by atoms with van der Waals surface area (Å²) in [6.07, 6.45) is 0. The number of hydrogen-bond donors (Lipinski definition) is 1. The maximum atomic E-state index is 11.7. The fourth-order valence-corrected chi connectivity index (χ4v) is 1.64. The van der Waals surface area contributed by atoms with Crippen molar-refractivity contribution in [2.45, 2.75) is 40.3 Å². The van der Waals surface area contributed by atoms with Gasteiger partial charge in [0.15, 0.2) is 0 Å². The van der Waals surface area contributed by atoms with Gasteiger partial charge in [0.25, 0.3) is 0 Å². The molecule has 96 valence electrons. The van der Waals surface area contributed by atoms with Crippen molar-refractivity contribution in [2.24, 2.45) is 5.41 Å². The lowest BCUT2D eigenvalue weighted by atomic mass is 9.86. The zero-order valence-electron chi connectivity index (χ0n) is 11.2. The summed E-state index contributed by atoms with van der Waals surface area (Å²) < 4.78 is 10.2. The van der Waals surface area contributed by atoms with Gasteiger partial charge in [-0.3, -0.25) is 10.1 Å². The average molecular weight is 239 g/mol. The van der Waals surface area contributed by atoms with Crippen LogP contribution in [0.2, 0.25) is 0 Å². The Hall–Kier alpha value is -1.29. The molecule has 0 fully saturated rings. The van der Waals surface area contributed by atoms with Gasteiger partial charge in [-0.1, -0.05) is 20.8 Å². The highest BCUT2D eigenvalue weighted by Crippen LogP contribution is 2.21. The summed E-state index contributed by atoms with van der Waals surface area (Å²) in [5.74, 6) is 1.44. The third kappa shape index (κ3) is 3.89. The molecule has 0 saturated carbocycles. The first-order valence-electron chi connectivity index (χ1n) is 5.71. The Balaban J connectivity index is 2.65. The molecule has 0 bridgehead atoms. The summed E-state index contributed by atoms with van der Waals surface area (Å²) in [5, 5.41) is 3.17. The fraction of sp³-hybridized carbons (Fsp3) is 0.615. The van der Waals surface area contributed by atoms with Crippen LogP contribution in [0, 0.1) is 12.3 Å². The highest BCUT2D eigenvalue weighted by atomic mass is 16.5. The summed E-state index contributed by atoms with van der Waals surface area (Å²) in [7, 11) is 1.40. The van der Waals surface area contributed by atoms with Crippen LogP contribution in [0.1, 0.15) is 32.3 Å². The molecule has 0 aliphatic carbocycles. The van der Waals surface area contributed by atoms with Gasteiger partial charge in [0.1, 0.15) is 17.6 Å². The molecular weight excluding hydrogens is 218 g/mol. The van der Waals surface area contributed by atoms with Gasteiger partial charge in [-0.15, -0.1) is 0 Å². The molecule has 1 heterocycles. The first-order valence-corrected chi connectivity index (χ1v) is 5.71. The highest BCUT2D eigenvalue weighted by Gasteiger charge is 2.31. The van der Waals surface area contributed by atoms with Gasteiger partial charge in [0, 0.05) is 0 Å². The second kappa shape index (κ2) is 5.36. The van der Waals surface area contributed by atoms with E-state index in [1.54, 1.807) is 0 Å². The number of nitrogens with one attached hydrogen (secondary N) is 1. The minimum atomic E-state index is -0.349. The highest BCUT2D eigenvalue weighted by molar-refractivity contribution is 5.76. The summed E-state index contributed by atoms with van der Waals surface area (Å²) in [5.41, 5.74) is -0.200. The summed E-state index contributed by atoms with van der Waals surface area (Å²) >= 11 is 0. The average Bonchev–Trinajstić information content (AvgIpc) is 2.62. The van der Waals surface area contributed by atoms with Crippen LogP contribution >= 0.6 is 0 Å². The Morgan fingerprint density at radius 2 is 2.12 bits per heavy atom. The predicted molar refractivity (Wildman–Crippen MR) is 65.5 cm³/mol. The van der Waals surface area contributed by atoms with Crippen molar-refractivity contribution in [1.29, 1.82) is 0 Å². The van der Waals surface area contributed by atoms with E-state index in [9.17, 15) is 4.79 Å². The van der Waals surface area contributed by atoms with E-state index in [2.05, 4.69) is 5.32 Å². The van der Waals surface area contributed by atoms with E-state index >= 15 is 0 Å². The molecule has 0 unspecified atom stereocenters. The first-order chi connectivity index (χ1) is 7.84. The van der Waals surface area contributed by atoms with Crippen LogP contribution in [-0.2, 0) is 16.1 Å². The number of methoxy groups -OCH3 is 1. The van der Waals surface area contributed by atoms with Crippen molar-refractivity contribution in [3.8, 4) is 0 Å². The number of rotatable bonds is 4. The van der Waals surface area contributed by atoms with Crippen molar-refractivity contribution in [3.05, 3.63) is 23.7 Å². The molecule has 0 aliphatic heterocycles. The van der Waals surface area contributed by atoms with Gasteiger partial charge in [0.05, 0.1) is 13.7 Å². The second-order valence-electron chi connectivity index (χ2n) is 5.22. The van der Waals surface area contributed by atoms with Crippen molar-refractivity contribution in [2.75, 3.05) is 7.11 Å². The molecule has 1 aromatic rings. The zero-order valence-corrected chi connectivity index (χ0v) is 11.2. The molecule has 0 spiro atoms. The van der Waals surface area contributed by atoms with Crippen LogP contribution < -0.4 is 5.32 Å². The van der Waals surface area contributed by atoms with Gasteiger partial charge in [0.2, 0.25) is 0 Å². The van der Waals surface area contributed by atoms with Gasteiger partial charge in [-0.05, 0) is 24.5 Å². The molecule has 0 aromatic carbocycles. The van der Waals surface area contributed by atoms with Crippen LogP contribution in [0.15, 0.2) is 16.5 Å². The zero-order chi connectivity index (χ0) is 13.1. The Bertz CT molecular complexity index is 376. The third-order valence-corrected chi connectivity index (χ3v) is 2.58. The lowest BCUT2D eigenvalue weighted by Gasteiger charge is -2.28. The van der Waals surface area contributed by atoms with Crippen molar-refractivity contribution in [1.82, 2.24) is 5.32 Å². The molecule has 1 N–H and O–H groups in total. The van der Waals surface area contributed by atoms with Gasteiger partial charge >= 0.3 is 5.97 Å². The number of carbonyl (C=O) groups is 1. The van der Waals surface area contributed by atoms with E-state index < -0.39 is 0 Å². The van der Waals surface area contributed by atoms with Crippen molar-refractivity contribution in [3.63, 3.8) is 0 Å². The third-order valence-electron chi connectivity index (χ3n) is 2.58. The minimum Gasteiger partial charge on any atom is -0.468 e.